The molecule has 0 bridgehead atoms. The normalized spacial score (nSPS) is 29.5. The van der Waals surface area contributed by atoms with Crippen molar-refractivity contribution in [3.8, 4) is 23.7 Å². The Bertz CT molecular complexity index is 488. The van der Waals surface area contributed by atoms with Crippen molar-refractivity contribution in [1.29, 1.82) is 0 Å². The molecule has 0 aromatic rings. The second kappa shape index (κ2) is 12.3. The molecule has 138 valence electrons. The van der Waals surface area contributed by atoms with E-state index in [-0.39, 0.29) is 0 Å². The van der Waals surface area contributed by atoms with Crippen LogP contribution in [0.3, 0.4) is 0 Å². The number of rotatable bonds is 5. The molecule has 0 N–H and O–H groups in total. The van der Waals surface area contributed by atoms with Crippen molar-refractivity contribution in [2.24, 2.45) is 23.7 Å². The topological polar surface area (TPSA) is 0 Å². The standard InChI is InChI=1S/C25H38/c1-3-5-8-11-23-18-20-25(21-19-23)13-10-7-6-9-12-24-16-14-22(4-2)15-17-24/h6-7,22-25H,3-5,8,11,14-21H2,1-2H3/b7-6+/t22-,23-,24-,25-. The van der Waals surface area contributed by atoms with E-state index in [4.69, 9.17) is 0 Å². The molecule has 0 nitrogen and oxygen atoms in total. The summed E-state index contributed by atoms with van der Waals surface area (Å²) in [6.07, 6.45) is 21.7. The summed E-state index contributed by atoms with van der Waals surface area (Å²) < 4.78 is 0. The smallest absolute Gasteiger partial charge is 0.0206 e. The molecule has 0 aromatic carbocycles. The van der Waals surface area contributed by atoms with Gasteiger partial charge in [-0.1, -0.05) is 69.6 Å². The van der Waals surface area contributed by atoms with Gasteiger partial charge in [-0.2, -0.15) is 0 Å². The lowest BCUT2D eigenvalue weighted by atomic mass is 9.80. The number of hydrogen-bond donors (Lipinski definition) is 0. The monoisotopic (exact) mass is 338 g/mol. The van der Waals surface area contributed by atoms with Gasteiger partial charge in [-0.3, -0.25) is 0 Å². The molecule has 25 heavy (non-hydrogen) atoms. The fourth-order valence-corrected chi connectivity index (χ4v) is 4.41. The van der Waals surface area contributed by atoms with Crippen molar-refractivity contribution in [2.45, 2.75) is 97.3 Å². The van der Waals surface area contributed by atoms with Crippen LogP contribution in [0.4, 0.5) is 0 Å². The van der Waals surface area contributed by atoms with Gasteiger partial charge in [0.25, 0.3) is 0 Å². The van der Waals surface area contributed by atoms with Gasteiger partial charge in [-0.15, -0.1) is 0 Å². The van der Waals surface area contributed by atoms with Crippen LogP contribution in [0.1, 0.15) is 97.3 Å². The Labute approximate surface area is 157 Å². The van der Waals surface area contributed by atoms with E-state index in [1.165, 1.54) is 83.5 Å². The highest BCUT2D eigenvalue weighted by molar-refractivity contribution is 5.26. The van der Waals surface area contributed by atoms with E-state index < -0.39 is 0 Å². The zero-order valence-corrected chi connectivity index (χ0v) is 16.7. The minimum Gasteiger partial charge on any atom is -0.0951 e. The predicted octanol–water partition coefficient (Wildman–Crippen LogP) is 7.15. The molecule has 2 aliphatic carbocycles. The van der Waals surface area contributed by atoms with Gasteiger partial charge in [-0.05, 0) is 75.4 Å². The fraction of sp³-hybridized carbons (Fsp3) is 0.760. The Hall–Kier alpha value is -1.14. The molecule has 0 saturated heterocycles. The molecular weight excluding hydrogens is 300 g/mol. The summed E-state index contributed by atoms with van der Waals surface area (Å²) in [5.41, 5.74) is 0. The summed E-state index contributed by atoms with van der Waals surface area (Å²) >= 11 is 0. The second-order valence-electron chi connectivity index (χ2n) is 8.25. The Balaban J connectivity index is 1.61. The highest BCUT2D eigenvalue weighted by Crippen LogP contribution is 2.32. The largest absolute Gasteiger partial charge is 0.0951 e. The van der Waals surface area contributed by atoms with Gasteiger partial charge in [0.05, 0.1) is 0 Å². The molecule has 0 atom stereocenters. The maximum atomic E-state index is 3.46. The summed E-state index contributed by atoms with van der Waals surface area (Å²) in [7, 11) is 0. The Morgan fingerprint density at radius 2 is 1.20 bits per heavy atom. The average molecular weight is 339 g/mol. The summed E-state index contributed by atoms with van der Waals surface area (Å²) in [5.74, 6) is 16.6. The van der Waals surface area contributed by atoms with Crippen molar-refractivity contribution in [3.05, 3.63) is 12.2 Å². The zero-order chi connectivity index (χ0) is 17.7. The second-order valence-corrected chi connectivity index (χ2v) is 8.25. The van der Waals surface area contributed by atoms with Gasteiger partial charge in [0.15, 0.2) is 0 Å². The average Bonchev–Trinajstić information content (AvgIpc) is 2.66. The van der Waals surface area contributed by atoms with Gasteiger partial charge in [0, 0.05) is 11.8 Å². The summed E-state index contributed by atoms with van der Waals surface area (Å²) in [6.45, 7) is 4.61. The van der Waals surface area contributed by atoms with Crippen molar-refractivity contribution in [3.63, 3.8) is 0 Å². The quantitative estimate of drug-likeness (QED) is 0.369. The molecule has 0 spiro atoms. The molecule has 2 fully saturated rings. The minimum atomic E-state index is 0.628. The van der Waals surface area contributed by atoms with Crippen LogP contribution in [0.2, 0.25) is 0 Å². The first-order valence-corrected chi connectivity index (χ1v) is 11.0. The first-order valence-electron chi connectivity index (χ1n) is 11.0. The van der Waals surface area contributed by atoms with Crippen molar-refractivity contribution >= 4 is 0 Å². The highest BCUT2D eigenvalue weighted by Gasteiger charge is 2.19. The van der Waals surface area contributed by atoms with Crippen LogP contribution < -0.4 is 0 Å². The van der Waals surface area contributed by atoms with Gasteiger partial charge in [0.1, 0.15) is 0 Å². The summed E-state index contributed by atoms with van der Waals surface area (Å²) in [6, 6.07) is 0. The molecule has 2 rings (SSSR count). The summed E-state index contributed by atoms with van der Waals surface area (Å²) in [5, 5.41) is 0. The van der Waals surface area contributed by atoms with Crippen LogP contribution >= 0.6 is 0 Å². The van der Waals surface area contributed by atoms with Crippen LogP contribution in [-0.4, -0.2) is 0 Å². The molecule has 0 heteroatoms. The van der Waals surface area contributed by atoms with Gasteiger partial charge < -0.3 is 0 Å². The molecule has 0 radical (unpaired) electrons. The summed E-state index contributed by atoms with van der Waals surface area (Å²) in [4.78, 5) is 0. The van der Waals surface area contributed by atoms with E-state index in [0.717, 1.165) is 11.8 Å². The van der Waals surface area contributed by atoms with E-state index in [1.807, 2.05) is 12.2 Å². The molecule has 0 amide bonds. The van der Waals surface area contributed by atoms with Crippen LogP contribution in [0.15, 0.2) is 12.2 Å². The number of hydrogen-bond acceptors (Lipinski definition) is 0. The first kappa shape index (κ1) is 20.2. The van der Waals surface area contributed by atoms with Gasteiger partial charge in [-0.25, -0.2) is 0 Å². The van der Waals surface area contributed by atoms with E-state index in [1.54, 1.807) is 0 Å². The van der Waals surface area contributed by atoms with E-state index in [0.29, 0.717) is 11.8 Å². The maximum Gasteiger partial charge on any atom is 0.0206 e. The van der Waals surface area contributed by atoms with E-state index in [2.05, 4.69) is 37.5 Å². The zero-order valence-electron chi connectivity index (χ0n) is 16.7. The van der Waals surface area contributed by atoms with Crippen LogP contribution in [0.5, 0.6) is 0 Å². The third kappa shape index (κ3) is 8.19. The lowest BCUT2D eigenvalue weighted by molar-refractivity contribution is 0.294. The minimum absolute atomic E-state index is 0.628. The van der Waals surface area contributed by atoms with Crippen LogP contribution in [-0.2, 0) is 0 Å². The van der Waals surface area contributed by atoms with Gasteiger partial charge in [0.2, 0.25) is 0 Å². The first-order chi connectivity index (χ1) is 12.3. The van der Waals surface area contributed by atoms with Crippen LogP contribution in [0.25, 0.3) is 0 Å². The van der Waals surface area contributed by atoms with Crippen molar-refractivity contribution < 1.29 is 0 Å². The SMILES string of the molecule is CCCCC[C@H]1CC[C@H](C#C/C=C/C#C[C@H]2CC[C@H](CC)CC2)CC1. The molecule has 0 unspecified atom stereocenters. The molecule has 0 aromatic heterocycles. The Morgan fingerprint density at radius 1 is 0.680 bits per heavy atom. The van der Waals surface area contributed by atoms with Gasteiger partial charge >= 0.3 is 0 Å². The van der Waals surface area contributed by atoms with Crippen molar-refractivity contribution in [1.82, 2.24) is 0 Å². The lowest BCUT2D eigenvalue weighted by Crippen LogP contribution is -2.13. The number of allylic oxidation sites excluding steroid dienone is 2. The Morgan fingerprint density at radius 3 is 1.68 bits per heavy atom. The molecule has 2 saturated carbocycles. The third-order valence-corrected chi connectivity index (χ3v) is 6.31. The molecule has 0 aliphatic heterocycles. The lowest BCUT2D eigenvalue weighted by Gasteiger charge is -2.25. The molecular formula is C25H38. The number of unbranched alkanes of at least 4 members (excludes halogenated alkanes) is 2. The highest BCUT2D eigenvalue weighted by atomic mass is 14.2. The van der Waals surface area contributed by atoms with Crippen molar-refractivity contribution in [2.75, 3.05) is 0 Å². The Kier molecular flexibility index (Phi) is 9.89. The third-order valence-electron chi connectivity index (χ3n) is 6.31. The van der Waals surface area contributed by atoms with E-state index >= 15 is 0 Å². The fourth-order valence-electron chi connectivity index (χ4n) is 4.41. The van der Waals surface area contributed by atoms with E-state index in [9.17, 15) is 0 Å². The van der Waals surface area contributed by atoms with Crippen LogP contribution in [0, 0.1) is 47.4 Å². The molecule has 0 heterocycles. The maximum absolute atomic E-state index is 3.46. The predicted molar refractivity (Wildman–Crippen MR) is 110 cm³/mol. The molecule has 2 aliphatic rings.